The molecule has 16 heavy (non-hydrogen) atoms. The zero-order valence-electron chi connectivity index (χ0n) is 10.3. The smallest absolute Gasteiger partial charge is 0.417 e. The maximum absolute atomic E-state index is 13.5. The Hall–Kier alpha value is -1.13. The lowest BCUT2D eigenvalue weighted by atomic mass is 9.91. The maximum atomic E-state index is 13.5. The average molecular weight is 231 g/mol. The summed E-state index contributed by atoms with van der Waals surface area (Å²) in [6.07, 6.45) is -2.41. The first kappa shape index (κ1) is 12.9. The summed E-state index contributed by atoms with van der Waals surface area (Å²) in [5.74, 6) is -0.806. The zero-order chi connectivity index (χ0) is 12.7. The molecular weight excluding hydrogens is 213 g/mol. The first-order valence-electron chi connectivity index (χ1n) is 5.23. The molecule has 0 aromatic carbocycles. The molecule has 4 nitrogen and oxygen atoms in total. The van der Waals surface area contributed by atoms with Crippen molar-refractivity contribution in [2.75, 3.05) is 6.54 Å². The highest BCUT2D eigenvalue weighted by atomic mass is 19.1. The average Bonchev–Trinajstić information content (AvgIpc) is 2.26. The molecule has 0 spiro atoms. The molecule has 1 unspecified atom stereocenters. The van der Waals surface area contributed by atoms with Crippen molar-refractivity contribution in [3.05, 3.63) is 0 Å². The van der Waals surface area contributed by atoms with E-state index in [2.05, 4.69) is 0 Å². The van der Waals surface area contributed by atoms with Crippen LogP contribution >= 0.6 is 0 Å². The molecule has 1 fully saturated rings. The normalized spacial score (nSPS) is 24.8. The highest BCUT2D eigenvalue weighted by Crippen LogP contribution is 2.33. The molecule has 1 heterocycles. The molecule has 5 heteroatoms. The number of alkyl halides is 1. The van der Waals surface area contributed by atoms with E-state index < -0.39 is 29.2 Å². The van der Waals surface area contributed by atoms with Gasteiger partial charge in [-0.2, -0.15) is 0 Å². The van der Waals surface area contributed by atoms with Crippen molar-refractivity contribution in [3.63, 3.8) is 0 Å². The van der Waals surface area contributed by atoms with Crippen molar-refractivity contribution in [3.8, 4) is 0 Å². The van der Waals surface area contributed by atoms with Gasteiger partial charge in [0.25, 0.3) is 5.91 Å². The summed E-state index contributed by atoms with van der Waals surface area (Å²) in [4.78, 5) is 24.0. The number of carbonyl (C=O) groups excluding carboxylic acids is 2. The van der Waals surface area contributed by atoms with Gasteiger partial charge in [0.15, 0.2) is 6.17 Å². The second-order valence-electron chi connectivity index (χ2n) is 5.76. The fourth-order valence-corrected chi connectivity index (χ4v) is 1.51. The lowest BCUT2D eigenvalue weighted by Crippen LogP contribution is -2.38. The predicted octanol–water partition coefficient (Wildman–Crippen LogP) is 2.13. The predicted molar refractivity (Wildman–Crippen MR) is 56.6 cm³/mol. The van der Waals surface area contributed by atoms with Crippen molar-refractivity contribution in [2.45, 2.75) is 46.4 Å². The van der Waals surface area contributed by atoms with Crippen LogP contribution in [0.25, 0.3) is 0 Å². The van der Waals surface area contributed by atoms with E-state index in [0.717, 1.165) is 4.90 Å². The van der Waals surface area contributed by atoms with Gasteiger partial charge in [0.05, 0.1) is 0 Å². The molecule has 1 atom stereocenters. The van der Waals surface area contributed by atoms with Crippen LogP contribution in [-0.2, 0) is 9.53 Å². The Morgan fingerprint density at radius 2 is 2.00 bits per heavy atom. The third kappa shape index (κ3) is 2.51. The van der Waals surface area contributed by atoms with Gasteiger partial charge in [-0.25, -0.2) is 14.1 Å². The number of hydrogen-bond donors (Lipinski definition) is 0. The number of carbonyl (C=O) groups is 2. The second-order valence-corrected chi connectivity index (χ2v) is 5.76. The minimum Gasteiger partial charge on any atom is -0.443 e. The van der Waals surface area contributed by atoms with Crippen LogP contribution in [0, 0.1) is 5.41 Å². The Balaban J connectivity index is 2.77. The van der Waals surface area contributed by atoms with Crippen LogP contribution < -0.4 is 0 Å². The molecule has 1 aliphatic rings. The highest BCUT2D eigenvalue weighted by Gasteiger charge is 2.50. The van der Waals surface area contributed by atoms with Gasteiger partial charge >= 0.3 is 6.09 Å². The molecule has 0 aromatic heterocycles. The Kier molecular flexibility index (Phi) is 3.00. The molecule has 0 radical (unpaired) electrons. The SMILES string of the molecule is CC(C)(C)OC(=O)N1CC(C)(C)C(F)C1=O. The first-order chi connectivity index (χ1) is 7.04. The van der Waals surface area contributed by atoms with Gasteiger partial charge in [-0.15, -0.1) is 0 Å². The number of imide groups is 1. The molecule has 1 rings (SSSR count). The van der Waals surface area contributed by atoms with E-state index in [1.807, 2.05) is 0 Å². The molecule has 0 aromatic rings. The van der Waals surface area contributed by atoms with Crippen molar-refractivity contribution in [1.29, 1.82) is 0 Å². The molecule has 92 valence electrons. The summed E-state index contributed by atoms with van der Waals surface area (Å²) < 4.78 is 18.6. The molecule has 0 aliphatic carbocycles. The summed E-state index contributed by atoms with van der Waals surface area (Å²) >= 11 is 0. The van der Waals surface area contributed by atoms with E-state index in [1.165, 1.54) is 0 Å². The number of ether oxygens (including phenoxy) is 1. The standard InChI is InChI=1S/C11H18FNO3/c1-10(2,3)16-9(15)13-6-11(4,5)7(12)8(13)14/h7H,6H2,1-5H3. The third-order valence-corrected chi connectivity index (χ3v) is 2.35. The molecule has 0 N–H and O–H groups in total. The monoisotopic (exact) mass is 231 g/mol. The van der Waals surface area contributed by atoms with Gasteiger partial charge in [0, 0.05) is 12.0 Å². The van der Waals surface area contributed by atoms with E-state index in [-0.39, 0.29) is 6.54 Å². The largest absolute Gasteiger partial charge is 0.443 e. The fourth-order valence-electron chi connectivity index (χ4n) is 1.51. The molecule has 2 amide bonds. The second kappa shape index (κ2) is 3.71. The van der Waals surface area contributed by atoms with Crippen LogP contribution in [0.4, 0.5) is 9.18 Å². The van der Waals surface area contributed by atoms with Crippen LogP contribution in [-0.4, -0.2) is 35.2 Å². The van der Waals surface area contributed by atoms with Crippen LogP contribution in [0.2, 0.25) is 0 Å². The Labute approximate surface area is 94.7 Å². The molecule has 0 saturated carbocycles. The van der Waals surface area contributed by atoms with Crippen LogP contribution in [0.1, 0.15) is 34.6 Å². The summed E-state index contributed by atoms with van der Waals surface area (Å²) in [6, 6.07) is 0. The summed E-state index contributed by atoms with van der Waals surface area (Å²) in [5, 5.41) is 0. The topological polar surface area (TPSA) is 46.6 Å². The number of rotatable bonds is 0. The summed E-state index contributed by atoms with van der Waals surface area (Å²) in [5.41, 5.74) is -1.52. The Morgan fingerprint density at radius 1 is 1.50 bits per heavy atom. The minimum atomic E-state index is -1.64. The van der Waals surface area contributed by atoms with Gasteiger partial charge in [-0.3, -0.25) is 4.79 Å². The lowest BCUT2D eigenvalue weighted by Gasteiger charge is -2.24. The Morgan fingerprint density at radius 3 is 2.31 bits per heavy atom. The van der Waals surface area contributed by atoms with Crippen LogP contribution in [0.15, 0.2) is 0 Å². The van der Waals surface area contributed by atoms with E-state index in [9.17, 15) is 14.0 Å². The van der Waals surface area contributed by atoms with E-state index in [1.54, 1.807) is 34.6 Å². The quantitative estimate of drug-likeness (QED) is 0.641. The van der Waals surface area contributed by atoms with E-state index >= 15 is 0 Å². The van der Waals surface area contributed by atoms with Crippen LogP contribution in [0.3, 0.4) is 0 Å². The third-order valence-electron chi connectivity index (χ3n) is 2.35. The highest BCUT2D eigenvalue weighted by molar-refractivity contribution is 5.97. The van der Waals surface area contributed by atoms with E-state index in [0.29, 0.717) is 0 Å². The first-order valence-corrected chi connectivity index (χ1v) is 5.23. The Bertz CT molecular complexity index is 320. The summed E-state index contributed by atoms with van der Waals surface area (Å²) in [7, 11) is 0. The van der Waals surface area contributed by atoms with Crippen molar-refractivity contribution < 1.29 is 18.7 Å². The van der Waals surface area contributed by atoms with Crippen molar-refractivity contribution in [2.24, 2.45) is 5.41 Å². The van der Waals surface area contributed by atoms with Gasteiger partial charge in [-0.05, 0) is 20.8 Å². The van der Waals surface area contributed by atoms with Gasteiger partial charge in [-0.1, -0.05) is 13.8 Å². The molecule has 1 saturated heterocycles. The van der Waals surface area contributed by atoms with Crippen LogP contribution in [0.5, 0.6) is 0 Å². The van der Waals surface area contributed by atoms with Crippen molar-refractivity contribution >= 4 is 12.0 Å². The number of amides is 2. The molecule has 1 aliphatic heterocycles. The van der Waals surface area contributed by atoms with Gasteiger partial charge in [0.1, 0.15) is 5.60 Å². The van der Waals surface area contributed by atoms with Gasteiger partial charge in [0.2, 0.25) is 0 Å². The lowest BCUT2D eigenvalue weighted by molar-refractivity contribution is -0.131. The fraction of sp³-hybridized carbons (Fsp3) is 0.818. The zero-order valence-corrected chi connectivity index (χ0v) is 10.3. The number of hydrogen-bond acceptors (Lipinski definition) is 3. The van der Waals surface area contributed by atoms with Gasteiger partial charge < -0.3 is 4.74 Å². The molecule has 0 bridgehead atoms. The minimum absolute atomic E-state index is 0.0575. The summed E-state index contributed by atoms with van der Waals surface area (Å²) in [6.45, 7) is 8.37. The maximum Gasteiger partial charge on any atom is 0.417 e. The molecular formula is C11H18FNO3. The van der Waals surface area contributed by atoms with E-state index in [4.69, 9.17) is 4.74 Å². The van der Waals surface area contributed by atoms with Crippen molar-refractivity contribution in [1.82, 2.24) is 4.90 Å². The number of nitrogens with zero attached hydrogens (tertiary/aromatic N) is 1. The number of halogens is 1. The number of likely N-dealkylation sites (tertiary alicyclic amines) is 1.